The van der Waals surface area contributed by atoms with E-state index in [1.54, 1.807) is 28.8 Å². The van der Waals surface area contributed by atoms with E-state index >= 15 is 0 Å². The molecule has 0 radical (unpaired) electrons. The van der Waals surface area contributed by atoms with Crippen molar-refractivity contribution in [3.8, 4) is 6.07 Å². The van der Waals surface area contributed by atoms with E-state index in [0.717, 1.165) is 17.8 Å². The van der Waals surface area contributed by atoms with E-state index in [0.29, 0.717) is 31.0 Å². The molecule has 1 aliphatic heterocycles. The number of nitrogens with zero attached hydrogens (tertiary/aromatic N) is 7. The van der Waals surface area contributed by atoms with Gasteiger partial charge in [-0.1, -0.05) is 0 Å². The van der Waals surface area contributed by atoms with E-state index in [1.165, 1.54) is 6.20 Å². The van der Waals surface area contributed by atoms with Crippen molar-refractivity contribution in [3.05, 3.63) is 57.7 Å². The lowest BCUT2D eigenvalue weighted by atomic mass is 10.2. The normalized spacial score (nSPS) is 14.4. The SMILES string of the molecule is C[C@@H](COCc1nc2n(n1)CCN(c1ccc(C#N)cn1)C2)Nc1cn[nH]c(=O)c1C(F)(F)F. The summed E-state index contributed by atoms with van der Waals surface area (Å²) < 4.78 is 46.8. The standard InChI is InChI=1S/C20H20F3N9O2/c1-12(27-14-8-26-29-19(33)18(14)20(21,22)23)10-34-11-15-28-17-9-31(4-5-32(17)30-15)16-3-2-13(6-24)7-25-16/h2-3,7-8,12H,4-5,9-11H2,1H3,(H2,27,29,33)/t12-/m0/s1. The molecule has 0 aromatic carbocycles. The molecular weight excluding hydrogens is 455 g/mol. The lowest BCUT2D eigenvalue weighted by Crippen LogP contribution is -2.34. The lowest BCUT2D eigenvalue weighted by molar-refractivity contribution is -0.138. The molecule has 0 aliphatic carbocycles. The van der Waals surface area contributed by atoms with Gasteiger partial charge in [-0.25, -0.2) is 19.7 Å². The average Bonchev–Trinajstić information content (AvgIpc) is 3.20. The van der Waals surface area contributed by atoms with Crippen LogP contribution >= 0.6 is 0 Å². The Balaban J connectivity index is 1.32. The van der Waals surface area contributed by atoms with Gasteiger partial charge < -0.3 is 15.0 Å². The second kappa shape index (κ2) is 9.48. The number of hydrogen-bond acceptors (Lipinski definition) is 9. The highest BCUT2D eigenvalue weighted by molar-refractivity contribution is 5.50. The highest BCUT2D eigenvalue weighted by atomic mass is 19.4. The van der Waals surface area contributed by atoms with Crippen LogP contribution in [0.2, 0.25) is 0 Å². The number of pyridine rings is 1. The Labute approximate surface area is 191 Å². The third-order valence-corrected chi connectivity index (χ3v) is 5.05. The first kappa shape index (κ1) is 23.2. The molecule has 0 spiro atoms. The third kappa shape index (κ3) is 5.15. The van der Waals surface area contributed by atoms with Crippen molar-refractivity contribution < 1.29 is 17.9 Å². The second-order valence-electron chi connectivity index (χ2n) is 7.65. The molecule has 0 amide bonds. The number of aromatic nitrogens is 6. The van der Waals surface area contributed by atoms with Crippen LogP contribution in [-0.4, -0.2) is 49.1 Å². The molecule has 1 atom stereocenters. The number of aromatic amines is 1. The summed E-state index contributed by atoms with van der Waals surface area (Å²) >= 11 is 0. The van der Waals surface area contributed by atoms with Crippen LogP contribution in [0.25, 0.3) is 0 Å². The predicted molar refractivity (Wildman–Crippen MR) is 113 cm³/mol. The summed E-state index contributed by atoms with van der Waals surface area (Å²) in [5.74, 6) is 1.91. The number of nitrogens with one attached hydrogen (secondary N) is 2. The lowest BCUT2D eigenvalue weighted by Gasteiger charge is -2.27. The number of anilines is 2. The summed E-state index contributed by atoms with van der Waals surface area (Å²) in [7, 11) is 0. The largest absolute Gasteiger partial charge is 0.423 e. The van der Waals surface area contributed by atoms with E-state index in [-0.39, 0.29) is 13.2 Å². The molecule has 3 aromatic heterocycles. The third-order valence-electron chi connectivity index (χ3n) is 5.05. The zero-order valence-electron chi connectivity index (χ0n) is 18.0. The number of halogens is 3. The molecule has 178 valence electrons. The Kier molecular flexibility index (Phi) is 6.46. The summed E-state index contributed by atoms with van der Waals surface area (Å²) in [5, 5.41) is 21.2. The molecule has 2 N–H and O–H groups in total. The summed E-state index contributed by atoms with van der Waals surface area (Å²) in [6.07, 6.45) is -2.39. The number of H-pyrrole nitrogens is 1. The van der Waals surface area contributed by atoms with Gasteiger partial charge in [0, 0.05) is 18.8 Å². The second-order valence-corrected chi connectivity index (χ2v) is 7.65. The van der Waals surface area contributed by atoms with Gasteiger partial charge in [0.1, 0.15) is 29.9 Å². The van der Waals surface area contributed by atoms with Gasteiger partial charge >= 0.3 is 6.18 Å². The summed E-state index contributed by atoms with van der Waals surface area (Å²) in [6, 6.07) is 4.98. The zero-order valence-corrected chi connectivity index (χ0v) is 18.0. The minimum Gasteiger partial charge on any atom is -0.378 e. The number of rotatable bonds is 7. The van der Waals surface area contributed by atoms with Gasteiger partial charge in [0.25, 0.3) is 5.56 Å². The molecule has 0 bridgehead atoms. The highest BCUT2D eigenvalue weighted by Gasteiger charge is 2.37. The van der Waals surface area contributed by atoms with Crippen molar-refractivity contribution in [2.24, 2.45) is 0 Å². The quantitative estimate of drug-likeness (QED) is 0.523. The van der Waals surface area contributed by atoms with Gasteiger partial charge in [-0.3, -0.25) is 4.79 Å². The van der Waals surface area contributed by atoms with Crippen LogP contribution in [0.3, 0.4) is 0 Å². The van der Waals surface area contributed by atoms with Crippen LogP contribution < -0.4 is 15.8 Å². The van der Waals surface area contributed by atoms with Crippen LogP contribution in [-0.2, 0) is 30.6 Å². The number of alkyl halides is 3. The average molecular weight is 475 g/mol. The molecule has 4 rings (SSSR count). The molecule has 34 heavy (non-hydrogen) atoms. The van der Waals surface area contributed by atoms with Crippen molar-refractivity contribution >= 4 is 11.5 Å². The number of nitriles is 1. The maximum atomic E-state index is 13.2. The van der Waals surface area contributed by atoms with Crippen molar-refractivity contribution in [1.29, 1.82) is 5.26 Å². The molecular formula is C20H20F3N9O2. The van der Waals surface area contributed by atoms with Gasteiger partial charge in [0.2, 0.25) is 0 Å². The van der Waals surface area contributed by atoms with Crippen LogP contribution in [0.5, 0.6) is 0 Å². The smallest absolute Gasteiger partial charge is 0.378 e. The maximum absolute atomic E-state index is 13.2. The highest BCUT2D eigenvalue weighted by Crippen LogP contribution is 2.31. The van der Waals surface area contributed by atoms with Gasteiger partial charge in [-0.15, -0.1) is 0 Å². The minimum absolute atomic E-state index is 0.0508. The summed E-state index contributed by atoms with van der Waals surface area (Å²) in [5.41, 5.74) is -2.58. The maximum Gasteiger partial charge on any atom is 0.423 e. The van der Waals surface area contributed by atoms with Gasteiger partial charge in [-0.05, 0) is 19.1 Å². The number of ether oxygens (including phenoxy) is 1. The zero-order chi connectivity index (χ0) is 24.3. The van der Waals surface area contributed by atoms with Gasteiger partial charge in [-0.2, -0.15) is 28.6 Å². The number of fused-ring (bicyclic) bond motifs is 1. The van der Waals surface area contributed by atoms with Crippen molar-refractivity contribution in [1.82, 2.24) is 29.9 Å². The van der Waals surface area contributed by atoms with Crippen molar-refractivity contribution in [3.63, 3.8) is 0 Å². The van der Waals surface area contributed by atoms with Crippen LogP contribution in [0.15, 0.2) is 29.3 Å². The van der Waals surface area contributed by atoms with E-state index in [4.69, 9.17) is 10.00 Å². The Hall–Kier alpha value is -3.99. The first-order valence-corrected chi connectivity index (χ1v) is 10.3. The Morgan fingerprint density at radius 1 is 1.32 bits per heavy atom. The summed E-state index contributed by atoms with van der Waals surface area (Å²) in [6.45, 7) is 3.49. The van der Waals surface area contributed by atoms with Crippen LogP contribution in [0.4, 0.5) is 24.7 Å². The van der Waals surface area contributed by atoms with Crippen molar-refractivity contribution in [2.75, 3.05) is 23.4 Å². The van der Waals surface area contributed by atoms with Crippen molar-refractivity contribution in [2.45, 2.75) is 38.8 Å². The van der Waals surface area contributed by atoms with Crippen LogP contribution in [0, 0.1) is 11.3 Å². The first-order chi connectivity index (χ1) is 16.2. The first-order valence-electron chi connectivity index (χ1n) is 10.3. The Morgan fingerprint density at radius 3 is 2.85 bits per heavy atom. The van der Waals surface area contributed by atoms with Gasteiger partial charge in [0.05, 0.1) is 37.1 Å². The van der Waals surface area contributed by atoms with Gasteiger partial charge in [0.15, 0.2) is 5.82 Å². The fourth-order valence-corrected chi connectivity index (χ4v) is 3.51. The predicted octanol–water partition coefficient (Wildman–Crippen LogP) is 1.68. The molecule has 11 nitrogen and oxygen atoms in total. The van der Waals surface area contributed by atoms with Crippen LogP contribution in [0.1, 0.15) is 29.7 Å². The van der Waals surface area contributed by atoms with E-state index < -0.39 is 29.0 Å². The van der Waals surface area contributed by atoms with E-state index in [1.807, 2.05) is 11.0 Å². The molecule has 0 saturated carbocycles. The topological polar surface area (TPSA) is 138 Å². The molecule has 1 aliphatic rings. The van der Waals surface area contributed by atoms with E-state index in [9.17, 15) is 18.0 Å². The fourth-order valence-electron chi connectivity index (χ4n) is 3.51. The fraction of sp³-hybridized carbons (Fsp3) is 0.400. The molecule has 0 unspecified atom stereocenters. The Morgan fingerprint density at radius 2 is 2.15 bits per heavy atom. The molecule has 0 fully saturated rings. The molecule has 3 aromatic rings. The molecule has 4 heterocycles. The minimum atomic E-state index is -4.82. The summed E-state index contributed by atoms with van der Waals surface area (Å²) in [4.78, 5) is 22.4. The monoisotopic (exact) mass is 475 g/mol. The molecule has 0 saturated heterocycles. The Bertz CT molecular complexity index is 1250. The molecule has 14 heteroatoms. The van der Waals surface area contributed by atoms with E-state index in [2.05, 4.69) is 25.5 Å². The number of hydrogen-bond donors (Lipinski definition) is 2.